The average molecular weight is 320 g/mol. The van der Waals surface area contributed by atoms with Crippen molar-refractivity contribution < 1.29 is 18.8 Å². The van der Waals surface area contributed by atoms with Crippen LogP contribution in [0.1, 0.15) is 13.8 Å². The number of carbonyl (C=O) groups excluding carboxylic acids is 1. The van der Waals surface area contributed by atoms with Crippen LogP contribution in [0.15, 0.2) is 18.2 Å². The van der Waals surface area contributed by atoms with E-state index in [0.717, 1.165) is 18.2 Å². The van der Waals surface area contributed by atoms with Crippen molar-refractivity contribution in [3.63, 3.8) is 0 Å². The lowest BCUT2D eigenvalue weighted by Gasteiger charge is -2.23. The largest absolute Gasteiger partial charge is 0.473 e. The van der Waals surface area contributed by atoms with Gasteiger partial charge in [0.2, 0.25) is 0 Å². The molecule has 0 aliphatic carbocycles. The molecule has 1 aromatic rings. The normalized spacial score (nSPS) is 11.1. The number of hydrogen-bond acceptors (Lipinski definition) is 4. The third kappa shape index (κ3) is 3.25. The van der Waals surface area contributed by atoms with Crippen molar-refractivity contribution in [2.75, 3.05) is 5.33 Å². The molecule has 0 saturated heterocycles. The lowest BCUT2D eigenvalue weighted by Crippen LogP contribution is -2.39. The van der Waals surface area contributed by atoms with Crippen LogP contribution >= 0.6 is 15.9 Å². The lowest BCUT2D eigenvalue weighted by atomic mass is 10.1. The number of alkyl halides is 1. The molecule has 1 aromatic carbocycles. The molecule has 0 heterocycles. The standard InChI is InChI=1S/C11H11BrFNO4/c1-11(2,10(15)6-12)18-9-4-3-7(13)5-8(9)14(16)17/h3-5H,6H2,1-2H3. The number of nitrogens with zero attached hydrogens (tertiary/aromatic N) is 1. The van der Waals surface area contributed by atoms with Gasteiger partial charge in [-0.05, 0) is 26.0 Å². The fraction of sp³-hybridized carbons (Fsp3) is 0.364. The van der Waals surface area contributed by atoms with Crippen molar-refractivity contribution in [1.29, 1.82) is 0 Å². The Labute approximate surface area is 111 Å². The summed E-state index contributed by atoms with van der Waals surface area (Å²) in [5, 5.41) is 10.8. The van der Waals surface area contributed by atoms with Crippen LogP contribution in [-0.4, -0.2) is 21.6 Å². The molecular formula is C11H11BrFNO4. The smallest absolute Gasteiger partial charge is 0.313 e. The van der Waals surface area contributed by atoms with Gasteiger partial charge in [0.25, 0.3) is 0 Å². The zero-order valence-electron chi connectivity index (χ0n) is 9.78. The van der Waals surface area contributed by atoms with Crippen molar-refractivity contribution in [2.24, 2.45) is 0 Å². The van der Waals surface area contributed by atoms with E-state index in [1.54, 1.807) is 0 Å². The number of hydrogen-bond donors (Lipinski definition) is 0. The van der Waals surface area contributed by atoms with Crippen molar-refractivity contribution >= 4 is 27.4 Å². The van der Waals surface area contributed by atoms with Gasteiger partial charge in [-0.25, -0.2) is 4.39 Å². The molecule has 98 valence electrons. The molecular weight excluding hydrogens is 309 g/mol. The van der Waals surface area contributed by atoms with Gasteiger partial charge in [-0.2, -0.15) is 0 Å². The van der Waals surface area contributed by atoms with Crippen LogP contribution in [0.4, 0.5) is 10.1 Å². The van der Waals surface area contributed by atoms with Gasteiger partial charge in [0, 0.05) is 0 Å². The Morgan fingerprint density at radius 2 is 2.17 bits per heavy atom. The van der Waals surface area contributed by atoms with Gasteiger partial charge in [0.15, 0.2) is 17.1 Å². The molecule has 0 bridgehead atoms. The zero-order chi connectivity index (χ0) is 13.9. The fourth-order valence-electron chi connectivity index (χ4n) is 1.21. The molecule has 7 heteroatoms. The number of carbonyl (C=O) groups is 1. The Kier molecular flexibility index (Phi) is 4.39. The van der Waals surface area contributed by atoms with Crippen molar-refractivity contribution in [1.82, 2.24) is 0 Å². The SMILES string of the molecule is CC(C)(Oc1ccc(F)cc1[N+](=O)[O-])C(=O)CBr. The lowest BCUT2D eigenvalue weighted by molar-refractivity contribution is -0.386. The van der Waals surface area contributed by atoms with E-state index >= 15 is 0 Å². The molecule has 0 N–H and O–H groups in total. The van der Waals surface area contributed by atoms with Crippen LogP contribution in [0, 0.1) is 15.9 Å². The maximum Gasteiger partial charge on any atom is 0.313 e. The summed E-state index contributed by atoms with van der Waals surface area (Å²) in [7, 11) is 0. The van der Waals surface area contributed by atoms with Gasteiger partial charge in [-0.1, -0.05) is 15.9 Å². The summed E-state index contributed by atoms with van der Waals surface area (Å²) in [5.41, 5.74) is -1.74. The van der Waals surface area contributed by atoms with E-state index in [1.807, 2.05) is 0 Å². The predicted octanol–water partition coefficient (Wildman–Crippen LogP) is 2.86. The first-order valence-electron chi connectivity index (χ1n) is 5.00. The third-order valence-electron chi connectivity index (χ3n) is 2.28. The van der Waals surface area contributed by atoms with Gasteiger partial charge in [0.1, 0.15) is 5.82 Å². The molecule has 0 fully saturated rings. The Balaban J connectivity index is 3.11. The van der Waals surface area contributed by atoms with Crippen LogP contribution in [0.5, 0.6) is 5.75 Å². The number of rotatable bonds is 5. The maximum absolute atomic E-state index is 12.9. The molecule has 0 unspecified atom stereocenters. The quantitative estimate of drug-likeness (QED) is 0.475. The van der Waals surface area contributed by atoms with E-state index in [4.69, 9.17) is 4.74 Å². The average Bonchev–Trinajstić information content (AvgIpc) is 2.29. The Morgan fingerprint density at radius 1 is 1.56 bits per heavy atom. The summed E-state index contributed by atoms with van der Waals surface area (Å²) >= 11 is 3.00. The van der Waals surface area contributed by atoms with Gasteiger partial charge in [0.05, 0.1) is 16.3 Å². The second-order valence-corrected chi connectivity index (χ2v) is 4.60. The maximum atomic E-state index is 12.9. The highest BCUT2D eigenvalue weighted by atomic mass is 79.9. The molecule has 0 atom stereocenters. The number of Topliss-reactive ketones (excluding diaryl/α,β-unsaturated/α-hetero) is 1. The van der Waals surface area contributed by atoms with E-state index in [1.165, 1.54) is 13.8 Å². The summed E-state index contributed by atoms with van der Waals surface area (Å²) in [6.07, 6.45) is 0. The van der Waals surface area contributed by atoms with Crippen molar-refractivity contribution in [3.05, 3.63) is 34.1 Å². The van der Waals surface area contributed by atoms with Crippen LogP contribution in [0.2, 0.25) is 0 Å². The first kappa shape index (κ1) is 14.6. The Bertz CT molecular complexity index is 490. The topological polar surface area (TPSA) is 69.4 Å². The minimum Gasteiger partial charge on any atom is -0.473 e. The van der Waals surface area contributed by atoms with E-state index in [9.17, 15) is 19.3 Å². The van der Waals surface area contributed by atoms with E-state index in [-0.39, 0.29) is 16.9 Å². The highest BCUT2D eigenvalue weighted by molar-refractivity contribution is 9.09. The highest BCUT2D eigenvalue weighted by Crippen LogP contribution is 2.31. The number of nitro benzene ring substituents is 1. The van der Waals surface area contributed by atoms with Gasteiger partial charge < -0.3 is 4.74 Å². The minimum atomic E-state index is -1.23. The van der Waals surface area contributed by atoms with E-state index in [0.29, 0.717) is 0 Å². The first-order chi connectivity index (χ1) is 8.27. The molecule has 5 nitrogen and oxygen atoms in total. The summed E-state index contributed by atoms with van der Waals surface area (Å²) < 4.78 is 18.2. The predicted molar refractivity (Wildman–Crippen MR) is 66.6 cm³/mol. The Hall–Kier alpha value is -1.50. The van der Waals surface area contributed by atoms with Crippen molar-refractivity contribution in [2.45, 2.75) is 19.4 Å². The number of halogens is 2. The zero-order valence-corrected chi connectivity index (χ0v) is 11.4. The molecule has 0 saturated carbocycles. The molecule has 0 aliphatic heterocycles. The van der Waals surface area contributed by atoms with E-state index < -0.39 is 22.0 Å². The van der Waals surface area contributed by atoms with Gasteiger partial charge in [-0.15, -0.1) is 0 Å². The second-order valence-electron chi connectivity index (χ2n) is 4.04. The molecule has 0 radical (unpaired) electrons. The fourth-order valence-corrected chi connectivity index (χ4v) is 1.89. The van der Waals surface area contributed by atoms with E-state index in [2.05, 4.69) is 15.9 Å². The summed E-state index contributed by atoms with van der Waals surface area (Å²) in [5.74, 6) is -1.15. The van der Waals surface area contributed by atoms with Crippen LogP contribution in [-0.2, 0) is 4.79 Å². The van der Waals surface area contributed by atoms with Crippen LogP contribution < -0.4 is 4.74 Å². The van der Waals surface area contributed by atoms with Crippen LogP contribution in [0.3, 0.4) is 0 Å². The molecule has 1 rings (SSSR count). The number of ketones is 1. The van der Waals surface area contributed by atoms with Crippen LogP contribution in [0.25, 0.3) is 0 Å². The summed E-state index contributed by atoms with van der Waals surface area (Å²) in [6.45, 7) is 2.98. The van der Waals surface area contributed by atoms with Gasteiger partial charge in [-0.3, -0.25) is 14.9 Å². The Morgan fingerprint density at radius 3 is 2.67 bits per heavy atom. The summed E-state index contributed by atoms with van der Waals surface area (Å²) in [6, 6.07) is 2.93. The number of ether oxygens (including phenoxy) is 1. The number of benzene rings is 1. The molecule has 0 aromatic heterocycles. The first-order valence-corrected chi connectivity index (χ1v) is 6.12. The molecule has 18 heavy (non-hydrogen) atoms. The molecule has 0 amide bonds. The minimum absolute atomic E-state index is 0.0645. The molecule has 0 aliphatic rings. The van der Waals surface area contributed by atoms with Crippen molar-refractivity contribution in [3.8, 4) is 5.75 Å². The molecule has 0 spiro atoms. The third-order valence-corrected chi connectivity index (χ3v) is 2.78. The monoisotopic (exact) mass is 319 g/mol. The highest BCUT2D eigenvalue weighted by Gasteiger charge is 2.31. The van der Waals surface area contributed by atoms with Gasteiger partial charge >= 0.3 is 5.69 Å². The summed E-state index contributed by atoms with van der Waals surface area (Å²) in [4.78, 5) is 21.6. The second kappa shape index (κ2) is 5.43. The number of nitro groups is 1.